The highest BCUT2D eigenvalue weighted by atomic mass is 79.9. The molecule has 15 heavy (non-hydrogen) atoms. The van der Waals surface area contributed by atoms with E-state index in [9.17, 15) is 0 Å². The first-order valence-electron chi connectivity index (χ1n) is 4.48. The van der Waals surface area contributed by atoms with Crippen molar-refractivity contribution in [3.05, 3.63) is 51.3 Å². The predicted octanol–water partition coefficient (Wildman–Crippen LogP) is 4.42. The molecule has 2 nitrogen and oxygen atoms in total. The van der Waals surface area contributed by atoms with E-state index in [2.05, 4.69) is 37.2 Å². The van der Waals surface area contributed by atoms with E-state index < -0.39 is 0 Å². The van der Waals surface area contributed by atoms with Gasteiger partial charge in [0.15, 0.2) is 4.67 Å². The molecule has 1 aromatic carbocycles. The topological polar surface area (TPSA) is 25.2 Å². The smallest absolute Gasteiger partial charge is 0.169 e. The van der Waals surface area contributed by atoms with E-state index in [4.69, 9.17) is 4.42 Å². The van der Waals surface area contributed by atoms with Crippen LogP contribution in [0.5, 0.6) is 0 Å². The SMILES string of the molecule is Brc1ccc(CNc2ccccc2Br)o1. The molecule has 0 fully saturated rings. The molecular formula is C11H9Br2NO. The standard InChI is InChI=1S/C11H9Br2NO/c12-9-3-1-2-4-10(9)14-7-8-5-6-11(13)15-8/h1-6,14H,7H2. The van der Waals surface area contributed by atoms with Crippen LogP contribution in [0.3, 0.4) is 0 Å². The molecule has 2 rings (SSSR count). The molecule has 1 aromatic heterocycles. The van der Waals surface area contributed by atoms with E-state index in [1.807, 2.05) is 36.4 Å². The molecule has 0 amide bonds. The Balaban J connectivity index is 2.02. The summed E-state index contributed by atoms with van der Waals surface area (Å²) in [5.74, 6) is 0.901. The van der Waals surface area contributed by atoms with Crippen molar-refractivity contribution in [2.75, 3.05) is 5.32 Å². The maximum Gasteiger partial charge on any atom is 0.169 e. The van der Waals surface area contributed by atoms with Gasteiger partial charge in [-0.05, 0) is 56.1 Å². The number of furan rings is 1. The minimum Gasteiger partial charge on any atom is -0.452 e. The van der Waals surface area contributed by atoms with Gasteiger partial charge in [-0.1, -0.05) is 12.1 Å². The summed E-state index contributed by atoms with van der Waals surface area (Å²) in [5, 5.41) is 3.28. The third kappa shape index (κ3) is 2.86. The quantitative estimate of drug-likeness (QED) is 0.901. The summed E-state index contributed by atoms with van der Waals surface area (Å²) in [7, 11) is 0. The lowest BCUT2D eigenvalue weighted by Crippen LogP contribution is -1.98. The van der Waals surface area contributed by atoms with Crippen LogP contribution in [-0.4, -0.2) is 0 Å². The third-order valence-electron chi connectivity index (χ3n) is 1.96. The molecule has 1 N–H and O–H groups in total. The van der Waals surface area contributed by atoms with Gasteiger partial charge in [-0.3, -0.25) is 0 Å². The van der Waals surface area contributed by atoms with Gasteiger partial charge < -0.3 is 9.73 Å². The van der Waals surface area contributed by atoms with Crippen LogP contribution in [-0.2, 0) is 6.54 Å². The van der Waals surface area contributed by atoms with Crippen molar-refractivity contribution in [3.63, 3.8) is 0 Å². The molecule has 0 saturated carbocycles. The lowest BCUT2D eigenvalue weighted by Gasteiger charge is -2.05. The summed E-state index contributed by atoms with van der Waals surface area (Å²) >= 11 is 6.74. The maximum absolute atomic E-state index is 5.38. The molecule has 0 radical (unpaired) electrons. The van der Waals surface area contributed by atoms with Crippen LogP contribution in [0, 0.1) is 0 Å². The van der Waals surface area contributed by atoms with Gasteiger partial charge in [-0.25, -0.2) is 0 Å². The first-order valence-corrected chi connectivity index (χ1v) is 6.07. The van der Waals surface area contributed by atoms with Crippen LogP contribution >= 0.6 is 31.9 Å². The summed E-state index contributed by atoms with van der Waals surface area (Å²) < 4.78 is 7.19. The Hall–Kier alpha value is -0.740. The molecule has 2 aromatic rings. The van der Waals surface area contributed by atoms with Gasteiger partial charge in [0.25, 0.3) is 0 Å². The highest BCUT2D eigenvalue weighted by Gasteiger charge is 2.01. The maximum atomic E-state index is 5.38. The summed E-state index contributed by atoms with van der Waals surface area (Å²) in [4.78, 5) is 0. The Bertz CT molecular complexity index is 453. The van der Waals surface area contributed by atoms with Crippen LogP contribution in [0.1, 0.15) is 5.76 Å². The molecule has 1 heterocycles. The number of rotatable bonds is 3. The van der Waals surface area contributed by atoms with Gasteiger partial charge in [0, 0.05) is 10.2 Å². The number of nitrogens with one attached hydrogen (secondary N) is 1. The average molecular weight is 331 g/mol. The zero-order valence-electron chi connectivity index (χ0n) is 7.84. The van der Waals surface area contributed by atoms with Gasteiger partial charge in [0.2, 0.25) is 0 Å². The van der Waals surface area contributed by atoms with Crippen molar-refractivity contribution in [1.29, 1.82) is 0 Å². The lowest BCUT2D eigenvalue weighted by molar-refractivity contribution is 0.495. The van der Waals surface area contributed by atoms with Crippen LogP contribution < -0.4 is 5.32 Å². The number of para-hydroxylation sites is 1. The molecule has 0 aliphatic rings. The zero-order valence-corrected chi connectivity index (χ0v) is 11.0. The number of benzene rings is 1. The Morgan fingerprint density at radius 3 is 2.53 bits per heavy atom. The Kier molecular flexibility index (Phi) is 3.49. The Morgan fingerprint density at radius 1 is 1.07 bits per heavy atom. The molecule has 0 atom stereocenters. The van der Waals surface area contributed by atoms with E-state index in [0.29, 0.717) is 6.54 Å². The van der Waals surface area contributed by atoms with Crippen molar-refractivity contribution >= 4 is 37.5 Å². The third-order valence-corrected chi connectivity index (χ3v) is 3.07. The highest BCUT2D eigenvalue weighted by Crippen LogP contribution is 2.22. The molecule has 0 aliphatic heterocycles. The molecule has 4 heteroatoms. The molecule has 0 bridgehead atoms. The first-order chi connectivity index (χ1) is 7.25. The van der Waals surface area contributed by atoms with E-state index in [0.717, 1.165) is 20.6 Å². The average Bonchev–Trinajstić information content (AvgIpc) is 2.63. The minimum absolute atomic E-state index is 0.675. The largest absolute Gasteiger partial charge is 0.452 e. The fourth-order valence-electron chi connectivity index (χ4n) is 1.23. The predicted molar refractivity (Wildman–Crippen MR) is 67.9 cm³/mol. The van der Waals surface area contributed by atoms with Crippen LogP contribution in [0.2, 0.25) is 0 Å². The fourth-order valence-corrected chi connectivity index (χ4v) is 2.00. The molecular weight excluding hydrogens is 322 g/mol. The molecule has 0 spiro atoms. The van der Waals surface area contributed by atoms with Crippen LogP contribution in [0.25, 0.3) is 0 Å². The van der Waals surface area contributed by atoms with Crippen LogP contribution in [0.4, 0.5) is 5.69 Å². The molecule has 0 saturated heterocycles. The fraction of sp³-hybridized carbons (Fsp3) is 0.0909. The second-order valence-electron chi connectivity index (χ2n) is 3.04. The van der Waals surface area contributed by atoms with Crippen molar-refractivity contribution < 1.29 is 4.42 Å². The normalized spacial score (nSPS) is 10.3. The van der Waals surface area contributed by atoms with Gasteiger partial charge >= 0.3 is 0 Å². The molecule has 0 unspecified atom stereocenters. The summed E-state index contributed by atoms with van der Waals surface area (Å²) in [5.41, 5.74) is 1.06. The number of hydrogen-bond acceptors (Lipinski definition) is 2. The van der Waals surface area contributed by atoms with E-state index in [1.54, 1.807) is 0 Å². The van der Waals surface area contributed by atoms with Gasteiger partial charge in [0.1, 0.15) is 5.76 Å². The zero-order chi connectivity index (χ0) is 10.7. The highest BCUT2D eigenvalue weighted by molar-refractivity contribution is 9.10. The van der Waals surface area contributed by atoms with E-state index in [-0.39, 0.29) is 0 Å². The van der Waals surface area contributed by atoms with Crippen molar-refractivity contribution in [2.24, 2.45) is 0 Å². The first kappa shape index (κ1) is 10.8. The van der Waals surface area contributed by atoms with Crippen LogP contribution in [0.15, 0.2) is 50.0 Å². The minimum atomic E-state index is 0.675. The lowest BCUT2D eigenvalue weighted by atomic mass is 10.3. The van der Waals surface area contributed by atoms with E-state index >= 15 is 0 Å². The molecule has 0 aliphatic carbocycles. The van der Waals surface area contributed by atoms with Crippen molar-refractivity contribution in [3.8, 4) is 0 Å². The van der Waals surface area contributed by atoms with E-state index in [1.165, 1.54) is 0 Å². The van der Waals surface area contributed by atoms with Crippen molar-refractivity contribution in [1.82, 2.24) is 0 Å². The summed E-state index contributed by atoms with van der Waals surface area (Å²) in [6, 6.07) is 11.8. The summed E-state index contributed by atoms with van der Waals surface area (Å²) in [6.45, 7) is 0.675. The monoisotopic (exact) mass is 329 g/mol. The Morgan fingerprint density at radius 2 is 1.87 bits per heavy atom. The number of halogens is 2. The summed E-state index contributed by atoms with van der Waals surface area (Å²) in [6.07, 6.45) is 0. The van der Waals surface area contributed by atoms with Gasteiger partial charge in [-0.15, -0.1) is 0 Å². The second-order valence-corrected chi connectivity index (χ2v) is 4.68. The second kappa shape index (κ2) is 4.86. The molecule has 78 valence electrons. The number of anilines is 1. The van der Waals surface area contributed by atoms with Gasteiger partial charge in [-0.2, -0.15) is 0 Å². The van der Waals surface area contributed by atoms with Crippen molar-refractivity contribution in [2.45, 2.75) is 6.54 Å². The Labute approximate surface area is 105 Å². The van der Waals surface area contributed by atoms with Gasteiger partial charge in [0.05, 0.1) is 6.54 Å². The number of hydrogen-bond donors (Lipinski definition) is 1.